The summed E-state index contributed by atoms with van der Waals surface area (Å²) in [5, 5.41) is 2.61. The van der Waals surface area contributed by atoms with Crippen molar-refractivity contribution in [2.75, 3.05) is 11.9 Å². The van der Waals surface area contributed by atoms with E-state index in [0.29, 0.717) is 6.42 Å². The largest absolute Gasteiger partial charge is 0.416 e. The van der Waals surface area contributed by atoms with Gasteiger partial charge in [0.1, 0.15) is 5.70 Å². The average Bonchev–Trinajstić information content (AvgIpc) is 2.87. The predicted octanol–water partition coefficient (Wildman–Crippen LogP) is 3.61. The molecular formula is C19H15F3N2O2. The lowest BCUT2D eigenvalue weighted by molar-refractivity contribution is -0.138. The summed E-state index contributed by atoms with van der Waals surface area (Å²) < 4.78 is 38.3. The van der Waals surface area contributed by atoms with Gasteiger partial charge in [-0.25, -0.2) is 0 Å². The van der Waals surface area contributed by atoms with Crippen molar-refractivity contribution >= 4 is 17.5 Å². The highest BCUT2D eigenvalue weighted by Gasteiger charge is 2.32. The molecule has 134 valence electrons. The number of halogens is 3. The quantitative estimate of drug-likeness (QED) is 0.829. The van der Waals surface area contributed by atoms with Gasteiger partial charge in [0.15, 0.2) is 0 Å². The van der Waals surface area contributed by atoms with Crippen LogP contribution >= 0.6 is 0 Å². The van der Waals surface area contributed by atoms with Crippen molar-refractivity contribution < 1.29 is 22.8 Å². The third-order valence-electron chi connectivity index (χ3n) is 3.95. The molecule has 0 bridgehead atoms. The molecule has 7 heteroatoms. The van der Waals surface area contributed by atoms with Gasteiger partial charge in [0.05, 0.1) is 5.56 Å². The van der Waals surface area contributed by atoms with E-state index in [9.17, 15) is 22.8 Å². The van der Waals surface area contributed by atoms with Crippen LogP contribution in [0.4, 0.5) is 18.9 Å². The summed E-state index contributed by atoms with van der Waals surface area (Å²) in [4.78, 5) is 25.5. The van der Waals surface area contributed by atoms with Crippen LogP contribution < -0.4 is 5.32 Å². The summed E-state index contributed by atoms with van der Waals surface area (Å²) in [6.45, 7) is 0.200. The Bertz CT molecular complexity index is 861. The minimum atomic E-state index is -4.48. The van der Waals surface area contributed by atoms with E-state index in [-0.39, 0.29) is 17.9 Å². The zero-order valence-corrected chi connectivity index (χ0v) is 13.6. The van der Waals surface area contributed by atoms with Gasteiger partial charge in [-0.2, -0.15) is 13.2 Å². The highest BCUT2D eigenvalue weighted by Crippen LogP contribution is 2.31. The Morgan fingerprint density at radius 3 is 2.38 bits per heavy atom. The van der Waals surface area contributed by atoms with Gasteiger partial charge in [-0.05, 0) is 30.2 Å². The van der Waals surface area contributed by atoms with Gasteiger partial charge in [0.25, 0.3) is 11.8 Å². The van der Waals surface area contributed by atoms with E-state index in [2.05, 4.69) is 5.32 Å². The van der Waals surface area contributed by atoms with Crippen LogP contribution in [0.1, 0.15) is 11.1 Å². The van der Waals surface area contributed by atoms with Gasteiger partial charge < -0.3 is 5.32 Å². The fraction of sp³-hybridized carbons (Fsp3) is 0.158. The lowest BCUT2D eigenvalue weighted by Crippen LogP contribution is -2.33. The molecule has 3 rings (SSSR count). The number of imide groups is 1. The Kier molecular flexibility index (Phi) is 4.79. The lowest BCUT2D eigenvalue weighted by atomic mass is 10.1. The molecule has 1 aliphatic heterocycles. The summed E-state index contributed by atoms with van der Waals surface area (Å²) in [7, 11) is 0. The molecule has 1 N–H and O–H groups in total. The number of alkyl halides is 3. The normalized spacial score (nSPS) is 14.6. The monoisotopic (exact) mass is 360 g/mol. The number of benzene rings is 2. The highest BCUT2D eigenvalue weighted by molar-refractivity contribution is 6.17. The van der Waals surface area contributed by atoms with Gasteiger partial charge in [-0.3, -0.25) is 14.5 Å². The van der Waals surface area contributed by atoms with E-state index in [1.807, 2.05) is 30.3 Å². The molecule has 2 aromatic rings. The van der Waals surface area contributed by atoms with Crippen LogP contribution in [0.25, 0.3) is 0 Å². The van der Waals surface area contributed by atoms with Crippen LogP contribution in [0.2, 0.25) is 0 Å². The maximum atomic E-state index is 12.8. The summed E-state index contributed by atoms with van der Waals surface area (Å²) in [6.07, 6.45) is -2.88. The van der Waals surface area contributed by atoms with Crippen molar-refractivity contribution in [3.8, 4) is 0 Å². The van der Waals surface area contributed by atoms with Crippen LogP contribution in [0, 0.1) is 0 Å². The maximum Gasteiger partial charge on any atom is 0.416 e. The SMILES string of the molecule is O=C1C=C(Nc2cccc(C(F)(F)F)c2)C(=O)N1CCc1ccccc1. The Balaban J connectivity index is 1.68. The number of hydrogen-bond acceptors (Lipinski definition) is 3. The molecule has 0 radical (unpaired) electrons. The summed E-state index contributed by atoms with van der Waals surface area (Å²) >= 11 is 0. The molecule has 0 spiro atoms. The smallest absolute Gasteiger partial charge is 0.351 e. The van der Waals surface area contributed by atoms with Gasteiger partial charge in [0.2, 0.25) is 0 Å². The van der Waals surface area contributed by atoms with Crippen LogP contribution in [0.5, 0.6) is 0 Å². The Labute approximate surface area is 147 Å². The minimum absolute atomic E-state index is 0.0395. The fourth-order valence-corrected chi connectivity index (χ4v) is 2.62. The molecule has 4 nitrogen and oxygen atoms in total. The molecular weight excluding hydrogens is 345 g/mol. The van der Waals surface area contributed by atoms with E-state index in [4.69, 9.17) is 0 Å². The highest BCUT2D eigenvalue weighted by atomic mass is 19.4. The van der Waals surface area contributed by atoms with Crippen molar-refractivity contribution in [3.05, 3.63) is 77.5 Å². The molecule has 0 saturated heterocycles. The molecule has 2 aromatic carbocycles. The zero-order chi connectivity index (χ0) is 18.7. The van der Waals surface area contributed by atoms with Crippen LogP contribution in [-0.2, 0) is 22.2 Å². The van der Waals surface area contributed by atoms with Crippen LogP contribution in [0.3, 0.4) is 0 Å². The van der Waals surface area contributed by atoms with E-state index < -0.39 is 23.6 Å². The van der Waals surface area contributed by atoms with Gasteiger partial charge >= 0.3 is 6.18 Å². The Hall–Kier alpha value is -3.09. The number of nitrogens with zero attached hydrogens (tertiary/aromatic N) is 1. The van der Waals surface area contributed by atoms with E-state index in [1.165, 1.54) is 12.1 Å². The molecule has 0 aliphatic carbocycles. The minimum Gasteiger partial charge on any atom is -0.351 e. The third kappa shape index (κ3) is 3.93. The third-order valence-corrected chi connectivity index (χ3v) is 3.95. The van der Waals surface area contributed by atoms with Gasteiger partial charge in [0, 0.05) is 18.3 Å². The van der Waals surface area contributed by atoms with Crippen molar-refractivity contribution in [2.24, 2.45) is 0 Å². The summed E-state index contributed by atoms with van der Waals surface area (Å²) in [5.41, 5.74) is 0.202. The molecule has 26 heavy (non-hydrogen) atoms. The van der Waals surface area contributed by atoms with Gasteiger partial charge in [-0.15, -0.1) is 0 Å². The zero-order valence-electron chi connectivity index (χ0n) is 13.6. The summed E-state index contributed by atoms with van der Waals surface area (Å²) in [5.74, 6) is -1.04. The molecule has 0 aromatic heterocycles. The fourth-order valence-electron chi connectivity index (χ4n) is 2.62. The second kappa shape index (κ2) is 7.03. The van der Waals surface area contributed by atoms with Crippen molar-refractivity contribution in [1.29, 1.82) is 0 Å². The molecule has 0 saturated carbocycles. The summed E-state index contributed by atoms with van der Waals surface area (Å²) in [6, 6.07) is 13.8. The Morgan fingerprint density at radius 2 is 1.69 bits per heavy atom. The number of carbonyl (C=O) groups excluding carboxylic acids is 2. The molecule has 1 aliphatic rings. The second-order valence-electron chi connectivity index (χ2n) is 5.79. The first-order valence-electron chi connectivity index (χ1n) is 7.90. The first-order valence-corrected chi connectivity index (χ1v) is 7.90. The first kappa shape index (κ1) is 17.7. The second-order valence-corrected chi connectivity index (χ2v) is 5.79. The van der Waals surface area contributed by atoms with Crippen LogP contribution in [0.15, 0.2) is 66.4 Å². The molecule has 0 atom stereocenters. The topological polar surface area (TPSA) is 49.4 Å². The molecule has 0 fully saturated rings. The molecule has 0 unspecified atom stereocenters. The van der Waals surface area contributed by atoms with Gasteiger partial charge in [-0.1, -0.05) is 36.4 Å². The lowest BCUT2D eigenvalue weighted by Gasteiger charge is -2.15. The number of anilines is 1. The van der Waals surface area contributed by atoms with Crippen molar-refractivity contribution in [1.82, 2.24) is 4.90 Å². The number of rotatable bonds is 5. The van der Waals surface area contributed by atoms with Crippen LogP contribution in [-0.4, -0.2) is 23.3 Å². The van der Waals surface area contributed by atoms with Crippen molar-refractivity contribution in [3.63, 3.8) is 0 Å². The number of hydrogen-bond donors (Lipinski definition) is 1. The Morgan fingerprint density at radius 1 is 0.962 bits per heavy atom. The maximum absolute atomic E-state index is 12.8. The first-order chi connectivity index (χ1) is 12.3. The van der Waals surface area contributed by atoms with E-state index >= 15 is 0 Å². The molecule has 1 heterocycles. The van der Waals surface area contributed by atoms with Crippen molar-refractivity contribution in [2.45, 2.75) is 12.6 Å². The molecule has 2 amide bonds. The number of carbonyl (C=O) groups is 2. The standard InChI is InChI=1S/C19H15F3N2O2/c20-19(21,22)14-7-4-8-15(11-14)23-16-12-17(25)24(18(16)26)10-9-13-5-2-1-3-6-13/h1-8,11-12,23H,9-10H2. The van der Waals surface area contributed by atoms with E-state index in [0.717, 1.165) is 28.7 Å². The number of nitrogens with one attached hydrogen (secondary N) is 1. The predicted molar refractivity (Wildman–Crippen MR) is 90.0 cm³/mol. The average molecular weight is 360 g/mol. The number of amides is 2. The van der Waals surface area contributed by atoms with E-state index in [1.54, 1.807) is 0 Å².